The molecule has 0 aliphatic carbocycles. The van der Waals surface area contributed by atoms with Gasteiger partial charge in [-0.15, -0.1) is 11.3 Å². The Balaban J connectivity index is 2.25. The van der Waals surface area contributed by atoms with Crippen molar-refractivity contribution < 1.29 is 9.26 Å². The summed E-state index contributed by atoms with van der Waals surface area (Å²) in [6.07, 6.45) is 0. The Labute approximate surface area is 120 Å². The maximum atomic E-state index is 5.97. The molecule has 0 spiro atoms. The molecule has 0 aliphatic rings. The van der Waals surface area contributed by atoms with E-state index in [0.29, 0.717) is 5.88 Å². The van der Waals surface area contributed by atoms with Crippen molar-refractivity contribution in [3.8, 4) is 27.4 Å². The molecule has 0 bridgehead atoms. The summed E-state index contributed by atoms with van der Waals surface area (Å²) in [5, 5.41) is 6.09. The molecule has 2 aromatic heterocycles. The Bertz CT molecular complexity index is 732. The lowest BCUT2D eigenvalue weighted by molar-refractivity contribution is 0.416. The van der Waals surface area contributed by atoms with Crippen molar-refractivity contribution in [1.29, 1.82) is 0 Å². The van der Waals surface area contributed by atoms with Crippen LogP contribution in [0.25, 0.3) is 21.7 Å². The van der Waals surface area contributed by atoms with Gasteiger partial charge in [-0.3, -0.25) is 0 Å². The number of ether oxygens (including phenoxy) is 1. The highest BCUT2D eigenvalue weighted by molar-refractivity contribution is 7.13. The standard InChI is InChI=1S/C15H14N2O2S/c1-9-5-6-11(18-2)10(8-9)13-14(17-19-15(13)16)12-4-3-7-20-12/h3-8H,16H2,1-2H3. The second-order valence-electron chi connectivity index (χ2n) is 4.45. The van der Waals surface area contributed by atoms with Crippen molar-refractivity contribution in [3.63, 3.8) is 0 Å². The van der Waals surface area contributed by atoms with Crippen molar-refractivity contribution in [2.75, 3.05) is 12.8 Å². The monoisotopic (exact) mass is 286 g/mol. The van der Waals surface area contributed by atoms with Crippen LogP contribution in [0, 0.1) is 6.92 Å². The quantitative estimate of drug-likeness (QED) is 0.791. The van der Waals surface area contributed by atoms with Crippen LogP contribution >= 0.6 is 11.3 Å². The Hall–Kier alpha value is -2.27. The van der Waals surface area contributed by atoms with Crippen LogP contribution in [0.4, 0.5) is 5.88 Å². The molecule has 1 aromatic carbocycles. The topological polar surface area (TPSA) is 61.3 Å². The third kappa shape index (κ3) is 2.06. The number of nitrogens with zero attached hydrogens (tertiary/aromatic N) is 1. The minimum absolute atomic E-state index is 0.303. The van der Waals surface area contributed by atoms with Gasteiger partial charge >= 0.3 is 0 Å². The Morgan fingerprint density at radius 2 is 2.15 bits per heavy atom. The van der Waals surface area contributed by atoms with Gasteiger partial charge in [0.05, 0.1) is 17.6 Å². The van der Waals surface area contributed by atoms with Crippen molar-refractivity contribution in [3.05, 3.63) is 41.3 Å². The summed E-state index contributed by atoms with van der Waals surface area (Å²) in [5.74, 6) is 1.06. The molecule has 0 atom stereocenters. The maximum Gasteiger partial charge on any atom is 0.230 e. The number of anilines is 1. The Morgan fingerprint density at radius 1 is 1.30 bits per heavy atom. The summed E-state index contributed by atoms with van der Waals surface area (Å²) in [4.78, 5) is 1.02. The van der Waals surface area contributed by atoms with Crippen molar-refractivity contribution in [2.24, 2.45) is 0 Å². The van der Waals surface area contributed by atoms with E-state index in [-0.39, 0.29) is 0 Å². The molecule has 0 saturated heterocycles. The van der Waals surface area contributed by atoms with Gasteiger partial charge < -0.3 is 15.0 Å². The van der Waals surface area contributed by atoms with E-state index in [4.69, 9.17) is 15.0 Å². The summed E-state index contributed by atoms with van der Waals surface area (Å²) in [7, 11) is 1.64. The van der Waals surface area contributed by atoms with Gasteiger partial charge in [-0.2, -0.15) is 0 Å². The first-order chi connectivity index (χ1) is 9.70. The predicted octanol–water partition coefficient (Wildman–Crippen LogP) is 3.97. The first-order valence-electron chi connectivity index (χ1n) is 6.14. The fourth-order valence-corrected chi connectivity index (χ4v) is 2.87. The van der Waals surface area contributed by atoms with Crippen LogP contribution in [-0.4, -0.2) is 12.3 Å². The van der Waals surface area contributed by atoms with Gasteiger partial charge in [0.2, 0.25) is 5.88 Å². The van der Waals surface area contributed by atoms with Crippen LogP contribution in [0.2, 0.25) is 0 Å². The SMILES string of the molecule is COc1ccc(C)cc1-c1c(-c2cccs2)noc1N. The molecule has 3 rings (SSSR count). The smallest absolute Gasteiger partial charge is 0.230 e. The first kappa shape index (κ1) is 12.7. The number of nitrogen functional groups attached to an aromatic ring is 1. The zero-order chi connectivity index (χ0) is 14.1. The highest BCUT2D eigenvalue weighted by atomic mass is 32.1. The van der Waals surface area contributed by atoms with Crippen molar-refractivity contribution in [2.45, 2.75) is 6.92 Å². The summed E-state index contributed by atoms with van der Waals surface area (Å²) < 4.78 is 10.6. The zero-order valence-electron chi connectivity index (χ0n) is 11.2. The summed E-state index contributed by atoms with van der Waals surface area (Å²) >= 11 is 1.60. The van der Waals surface area contributed by atoms with Gasteiger partial charge in [-0.05, 0) is 30.5 Å². The van der Waals surface area contributed by atoms with Gasteiger partial charge in [0.25, 0.3) is 0 Å². The van der Waals surface area contributed by atoms with Gasteiger partial charge in [0, 0.05) is 5.56 Å². The van der Waals surface area contributed by atoms with Crippen molar-refractivity contribution >= 4 is 17.2 Å². The van der Waals surface area contributed by atoms with E-state index in [1.807, 2.05) is 42.6 Å². The van der Waals surface area contributed by atoms with E-state index in [1.54, 1.807) is 18.4 Å². The lowest BCUT2D eigenvalue weighted by Gasteiger charge is -2.09. The predicted molar refractivity (Wildman–Crippen MR) is 81.0 cm³/mol. The van der Waals surface area contributed by atoms with Crippen molar-refractivity contribution in [1.82, 2.24) is 5.16 Å². The fraction of sp³-hybridized carbons (Fsp3) is 0.133. The van der Waals surface area contributed by atoms with Crippen LogP contribution < -0.4 is 10.5 Å². The van der Waals surface area contributed by atoms with E-state index >= 15 is 0 Å². The van der Waals surface area contributed by atoms with Crippen LogP contribution in [0.15, 0.2) is 40.2 Å². The lowest BCUT2D eigenvalue weighted by Crippen LogP contribution is -1.92. The summed E-state index contributed by atoms with van der Waals surface area (Å²) in [6, 6.07) is 9.92. The molecular weight excluding hydrogens is 272 g/mol. The van der Waals surface area contributed by atoms with Crippen LogP contribution in [0.3, 0.4) is 0 Å². The molecule has 102 valence electrons. The normalized spacial score (nSPS) is 10.7. The van der Waals surface area contributed by atoms with Crippen LogP contribution in [0.1, 0.15) is 5.56 Å². The number of rotatable bonds is 3. The third-order valence-electron chi connectivity index (χ3n) is 3.10. The number of benzene rings is 1. The lowest BCUT2D eigenvalue weighted by atomic mass is 10.0. The molecule has 0 aliphatic heterocycles. The molecule has 2 N–H and O–H groups in total. The second-order valence-corrected chi connectivity index (χ2v) is 5.40. The van der Waals surface area contributed by atoms with E-state index in [2.05, 4.69) is 5.16 Å². The van der Waals surface area contributed by atoms with E-state index < -0.39 is 0 Å². The van der Waals surface area contributed by atoms with Gasteiger partial charge in [-0.1, -0.05) is 22.9 Å². The van der Waals surface area contributed by atoms with Crippen LogP contribution in [-0.2, 0) is 0 Å². The summed E-state index contributed by atoms with van der Waals surface area (Å²) in [6.45, 7) is 2.03. The molecule has 3 aromatic rings. The maximum absolute atomic E-state index is 5.97. The first-order valence-corrected chi connectivity index (χ1v) is 7.02. The van der Waals surface area contributed by atoms with E-state index in [9.17, 15) is 0 Å². The minimum atomic E-state index is 0.303. The molecule has 0 fully saturated rings. The molecule has 0 unspecified atom stereocenters. The summed E-state index contributed by atoms with van der Waals surface area (Å²) in [5.41, 5.74) is 9.53. The molecule has 2 heterocycles. The van der Waals surface area contributed by atoms with Gasteiger partial charge in [0.1, 0.15) is 11.4 Å². The van der Waals surface area contributed by atoms with E-state index in [0.717, 1.165) is 33.0 Å². The molecule has 5 heteroatoms. The van der Waals surface area contributed by atoms with Gasteiger partial charge in [-0.25, -0.2) is 0 Å². The molecule has 4 nitrogen and oxygen atoms in total. The number of hydrogen-bond donors (Lipinski definition) is 1. The second kappa shape index (κ2) is 5.02. The highest BCUT2D eigenvalue weighted by Crippen LogP contribution is 2.42. The Kier molecular flexibility index (Phi) is 3.20. The molecule has 0 saturated carbocycles. The molecule has 20 heavy (non-hydrogen) atoms. The Morgan fingerprint density at radius 3 is 2.85 bits per heavy atom. The largest absolute Gasteiger partial charge is 0.496 e. The average Bonchev–Trinajstić information content (AvgIpc) is 3.07. The van der Waals surface area contributed by atoms with Gasteiger partial charge in [0.15, 0.2) is 0 Å². The zero-order valence-corrected chi connectivity index (χ0v) is 12.0. The number of aryl methyl sites for hydroxylation is 1. The number of thiophene rings is 1. The molecule has 0 amide bonds. The molecular formula is C15H14N2O2S. The number of nitrogens with two attached hydrogens (primary N) is 1. The molecule has 0 radical (unpaired) electrons. The number of methoxy groups -OCH3 is 1. The number of aromatic nitrogens is 1. The minimum Gasteiger partial charge on any atom is -0.496 e. The average molecular weight is 286 g/mol. The number of hydrogen-bond acceptors (Lipinski definition) is 5. The third-order valence-corrected chi connectivity index (χ3v) is 3.97. The van der Waals surface area contributed by atoms with Crippen LogP contribution in [0.5, 0.6) is 5.75 Å². The highest BCUT2D eigenvalue weighted by Gasteiger charge is 2.21. The van der Waals surface area contributed by atoms with E-state index in [1.165, 1.54) is 0 Å². The fourth-order valence-electron chi connectivity index (χ4n) is 2.16.